The van der Waals surface area contributed by atoms with Crippen LogP contribution in [0.4, 0.5) is 0 Å². The SMILES string of the molecule is Cn1cc(Cl)c2ncnc(Cl)c21. The first-order valence-electron chi connectivity index (χ1n) is 3.31. The zero-order chi connectivity index (χ0) is 8.72. The molecule has 62 valence electrons. The normalized spacial score (nSPS) is 10.9. The summed E-state index contributed by atoms with van der Waals surface area (Å²) >= 11 is 11.7. The summed E-state index contributed by atoms with van der Waals surface area (Å²) < 4.78 is 1.81. The van der Waals surface area contributed by atoms with Crippen molar-refractivity contribution in [2.75, 3.05) is 0 Å². The van der Waals surface area contributed by atoms with Gasteiger partial charge in [0.1, 0.15) is 17.4 Å². The average Bonchev–Trinajstić information content (AvgIpc) is 2.29. The van der Waals surface area contributed by atoms with Gasteiger partial charge >= 0.3 is 0 Å². The highest BCUT2D eigenvalue weighted by atomic mass is 35.5. The number of hydrogen-bond acceptors (Lipinski definition) is 2. The van der Waals surface area contributed by atoms with Gasteiger partial charge < -0.3 is 4.57 Å². The number of fused-ring (bicyclic) bond motifs is 1. The lowest BCUT2D eigenvalue weighted by atomic mass is 10.5. The Morgan fingerprint density at radius 3 is 2.75 bits per heavy atom. The molecular formula is C7H5Cl2N3. The van der Waals surface area contributed by atoms with Gasteiger partial charge in [-0.15, -0.1) is 0 Å². The summed E-state index contributed by atoms with van der Waals surface area (Å²) in [4.78, 5) is 7.87. The van der Waals surface area contributed by atoms with Crippen LogP contribution in [0, 0.1) is 0 Å². The fourth-order valence-electron chi connectivity index (χ4n) is 1.14. The third-order valence-corrected chi connectivity index (χ3v) is 2.22. The van der Waals surface area contributed by atoms with Crippen LogP contribution in [0.15, 0.2) is 12.5 Å². The Bertz CT molecular complexity index is 435. The number of aryl methyl sites for hydroxylation is 1. The van der Waals surface area contributed by atoms with Gasteiger partial charge in [0.25, 0.3) is 0 Å². The Morgan fingerprint density at radius 2 is 2.08 bits per heavy atom. The molecule has 2 aromatic heterocycles. The number of aromatic nitrogens is 3. The molecule has 0 aliphatic rings. The zero-order valence-electron chi connectivity index (χ0n) is 6.25. The van der Waals surface area contributed by atoms with E-state index in [9.17, 15) is 0 Å². The molecule has 0 spiro atoms. The smallest absolute Gasteiger partial charge is 0.156 e. The minimum Gasteiger partial charge on any atom is -0.345 e. The van der Waals surface area contributed by atoms with E-state index in [1.165, 1.54) is 6.33 Å². The van der Waals surface area contributed by atoms with Crippen LogP contribution in [0.3, 0.4) is 0 Å². The summed E-state index contributed by atoms with van der Waals surface area (Å²) in [6, 6.07) is 0. The van der Waals surface area contributed by atoms with Crippen molar-refractivity contribution >= 4 is 34.2 Å². The standard InChI is InChI=1S/C7H5Cl2N3/c1-12-2-4(8)5-6(12)7(9)11-3-10-5/h2-3H,1H3. The van der Waals surface area contributed by atoms with Gasteiger partial charge in [-0.1, -0.05) is 23.2 Å². The molecule has 2 aromatic rings. The van der Waals surface area contributed by atoms with Crippen LogP contribution in [-0.2, 0) is 7.05 Å². The van der Waals surface area contributed by atoms with Gasteiger partial charge in [-0.3, -0.25) is 0 Å². The van der Waals surface area contributed by atoms with E-state index in [4.69, 9.17) is 23.2 Å². The molecule has 0 bridgehead atoms. The fraction of sp³-hybridized carbons (Fsp3) is 0.143. The molecule has 0 radical (unpaired) electrons. The molecule has 0 N–H and O–H groups in total. The second-order valence-corrected chi connectivity index (χ2v) is 3.21. The molecule has 3 nitrogen and oxygen atoms in total. The topological polar surface area (TPSA) is 30.7 Å². The Labute approximate surface area is 78.9 Å². The lowest BCUT2D eigenvalue weighted by Gasteiger charge is -1.95. The lowest BCUT2D eigenvalue weighted by molar-refractivity contribution is 0.963. The van der Waals surface area contributed by atoms with Crippen LogP contribution in [-0.4, -0.2) is 14.5 Å². The first-order chi connectivity index (χ1) is 5.70. The van der Waals surface area contributed by atoms with Crippen LogP contribution in [0.25, 0.3) is 11.0 Å². The molecule has 0 fully saturated rings. The van der Waals surface area contributed by atoms with Gasteiger partial charge in [0.15, 0.2) is 5.15 Å². The van der Waals surface area contributed by atoms with E-state index in [2.05, 4.69) is 9.97 Å². The number of halogens is 2. The molecule has 2 rings (SSSR count). The monoisotopic (exact) mass is 201 g/mol. The first-order valence-corrected chi connectivity index (χ1v) is 4.07. The van der Waals surface area contributed by atoms with Crippen LogP contribution in [0.1, 0.15) is 0 Å². The second-order valence-electron chi connectivity index (χ2n) is 2.45. The van der Waals surface area contributed by atoms with E-state index in [0.717, 1.165) is 5.52 Å². The summed E-state index contributed by atoms with van der Waals surface area (Å²) in [5.74, 6) is 0. The van der Waals surface area contributed by atoms with Gasteiger partial charge in [-0.2, -0.15) is 0 Å². The van der Waals surface area contributed by atoms with E-state index < -0.39 is 0 Å². The fourth-order valence-corrected chi connectivity index (χ4v) is 1.69. The first kappa shape index (κ1) is 7.83. The maximum absolute atomic E-state index is 5.88. The number of rotatable bonds is 0. The third-order valence-electron chi connectivity index (χ3n) is 1.66. The Balaban J connectivity index is 2.99. The number of hydrogen-bond donors (Lipinski definition) is 0. The van der Waals surface area contributed by atoms with E-state index >= 15 is 0 Å². The predicted molar refractivity (Wildman–Crippen MR) is 48.5 cm³/mol. The van der Waals surface area contributed by atoms with Crippen molar-refractivity contribution < 1.29 is 0 Å². The quantitative estimate of drug-likeness (QED) is 0.613. The summed E-state index contributed by atoms with van der Waals surface area (Å²) in [6.07, 6.45) is 3.16. The van der Waals surface area contributed by atoms with Gasteiger partial charge in [-0.25, -0.2) is 9.97 Å². The van der Waals surface area contributed by atoms with Gasteiger partial charge in [0.2, 0.25) is 0 Å². The van der Waals surface area contributed by atoms with Crippen molar-refractivity contribution in [1.82, 2.24) is 14.5 Å². The lowest BCUT2D eigenvalue weighted by Crippen LogP contribution is -1.87. The average molecular weight is 202 g/mol. The van der Waals surface area contributed by atoms with Crippen molar-refractivity contribution in [3.8, 4) is 0 Å². The highest BCUT2D eigenvalue weighted by molar-refractivity contribution is 6.38. The molecule has 2 heterocycles. The summed E-state index contributed by atoms with van der Waals surface area (Å²) in [5.41, 5.74) is 1.46. The molecule has 0 amide bonds. The molecule has 0 unspecified atom stereocenters. The van der Waals surface area contributed by atoms with Crippen LogP contribution in [0.2, 0.25) is 10.2 Å². The highest BCUT2D eigenvalue weighted by Crippen LogP contribution is 2.26. The van der Waals surface area contributed by atoms with E-state index in [1.54, 1.807) is 10.8 Å². The Kier molecular flexibility index (Phi) is 1.70. The van der Waals surface area contributed by atoms with Crippen LogP contribution >= 0.6 is 23.2 Å². The minimum atomic E-state index is 0.425. The number of nitrogens with zero attached hydrogens (tertiary/aromatic N) is 3. The molecule has 0 saturated carbocycles. The van der Waals surface area contributed by atoms with E-state index in [1.807, 2.05) is 7.05 Å². The zero-order valence-corrected chi connectivity index (χ0v) is 7.76. The summed E-state index contributed by atoms with van der Waals surface area (Å²) in [5, 5.41) is 1.02. The molecule has 0 aliphatic carbocycles. The summed E-state index contributed by atoms with van der Waals surface area (Å²) in [6.45, 7) is 0. The van der Waals surface area contributed by atoms with E-state index in [0.29, 0.717) is 15.7 Å². The molecule has 0 atom stereocenters. The second kappa shape index (κ2) is 2.61. The largest absolute Gasteiger partial charge is 0.345 e. The Morgan fingerprint density at radius 1 is 1.33 bits per heavy atom. The maximum atomic E-state index is 5.88. The van der Waals surface area contributed by atoms with Crippen molar-refractivity contribution in [2.45, 2.75) is 0 Å². The molecule has 0 saturated heterocycles. The maximum Gasteiger partial charge on any atom is 0.156 e. The van der Waals surface area contributed by atoms with Gasteiger partial charge in [0, 0.05) is 13.2 Å². The molecule has 5 heteroatoms. The van der Waals surface area contributed by atoms with Crippen molar-refractivity contribution in [3.63, 3.8) is 0 Å². The third kappa shape index (κ3) is 0.974. The van der Waals surface area contributed by atoms with Crippen molar-refractivity contribution in [1.29, 1.82) is 0 Å². The van der Waals surface area contributed by atoms with Gasteiger partial charge in [0.05, 0.1) is 5.02 Å². The molecule has 0 aliphatic heterocycles. The minimum absolute atomic E-state index is 0.425. The predicted octanol–water partition coefficient (Wildman–Crippen LogP) is 2.28. The Hall–Kier alpha value is -0.800. The van der Waals surface area contributed by atoms with Crippen LogP contribution < -0.4 is 0 Å². The molecule has 0 aromatic carbocycles. The molecular weight excluding hydrogens is 197 g/mol. The van der Waals surface area contributed by atoms with E-state index in [-0.39, 0.29) is 0 Å². The summed E-state index contributed by atoms with van der Waals surface area (Å²) in [7, 11) is 1.85. The van der Waals surface area contributed by atoms with Gasteiger partial charge in [-0.05, 0) is 0 Å². The van der Waals surface area contributed by atoms with Crippen molar-refractivity contribution in [2.24, 2.45) is 7.05 Å². The van der Waals surface area contributed by atoms with Crippen LogP contribution in [0.5, 0.6) is 0 Å². The van der Waals surface area contributed by atoms with Crippen molar-refractivity contribution in [3.05, 3.63) is 22.7 Å². The molecule has 12 heavy (non-hydrogen) atoms. The highest BCUT2D eigenvalue weighted by Gasteiger charge is 2.08.